The highest BCUT2D eigenvalue weighted by molar-refractivity contribution is 5.37. The summed E-state index contributed by atoms with van der Waals surface area (Å²) in [5.74, 6) is 1.02. The van der Waals surface area contributed by atoms with Gasteiger partial charge in [-0.3, -0.25) is 0 Å². The normalized spacial score (nSPS) is 15.8. The minimum Gasteiger partial charge on any atom is -0.496 e. The molecular formula is C15H24N2O. The fourth-order valence-corrected chi connectivity index (χ4v) is 2.31. The summed E-state index contributed by atoms with van der Waals surface area (Å²) in [5, 5.41) is 3.31. The van der Waals surface area contributed by atoms with Crippen LogP contribution in [0.4, 0.5) is 0 Å². The number of rotatable bonds is 6. The predicted octanol–water partition coefficient (Wildman–Crippen LogP) is 1.70. The number of ether oxygens (including phenoxy) is 1. The zero-order valence-electron chi connectivity index (χ0n) is 11.7. The molecule has 1 N–H and O–H groups in total. The highest BCUT2D eigenvalue weighted by Gasteiger charge is 2.21. The van der Waals surface area contributed by atoms with Crippen LogP contribution in [0.15, 0.2) is 18.2 Å². The summed E-state index contributed by atoms with van der Waals surface area (Å²) in [6, 6.07) is 7.25. The molecule has 0 amide bonds. The second-order valence-electron chi connectivity index (χ2n) is 5.04. The van der Waals surface area contributed by atoms with Gasteiger partial charge in [0, 0.05) is 25.7 Å². The van der Waals surface area contributed by atoms with E-state index in [4.69, 9.17) is 4.74 Å². The molecule has 0 bridgehead atoms. The van der Waals surface area contributed by atoms with Crippen LogP contribution in [0.3, 0.4) is 0 Å². The Bertz CT molecular complexity index is 388. The van der Waals surface area contributed by atoms with Crippen LogP contribution in [0.25, 0.3) is 0 Å². The van der Waals surface area contributed by atoms with Crippen LogP contribution in [-0.2, 0) is 12.8 Å². The molecule has 1 aliphatic rings. The SMILES string of the molecule is CCc1ccc(OC)c(CCN(C)C2CNC2)c1. The van der Waals surface area contributed by atoms with Gasteiger partial charge in [0.25, 0.3) is 0 Å². The molecule has 0 saturated carbocycles. The third-order valence-corrected chi connectivity index (χ3v) is 3.87. The van der Waals surface area contributed by atoms with Gasteiger partial charge in [-0.25, -0.2) is 0 Å². The van der Waals surface area contributed by atoms with Gasteiger partial charge in [-0.05, 0) is 37.1 Å². The Morgan fingerprint density at radius 1 is 1.39 bits per heavy atom. The zero-order chi connectivity index (χ0) is 13.0. The molecule has 0 unspecified atom stereocenters. The van der Waals surface area contributed by atoms with Crippen LogP contribution in [0.1, 0.15) is 18.1 Å². The van der Waals surface area contributed by atoms with Crippen LogP contribution >= 0.6 is 0 Å². The van der Waals surface area contributed by atoms with Crippen LogP contribution in [0.2, 0.25) is 0 Å². The van der Waals surface area contributed by atoms with E-state index in [0.29, 0.717) is 6.04 Å². The van der Waals surface area contributed by atoms with Gasteiger partial charge in [0.1, 0.15) is 5.75 Å². The molecule has 1 aliphatic heterocycles. The maximum atomic E-state index is 5.45. The van der Waals surface area contributed by atoms with E-state index in [9.17, 15) is 0 Å². The van der Waals surface area contributed by atoms with E-state index >= 15 is 0 Å². The molecule has 3 heteroatoms. The molecule has 100 valence electrons. The molecule has 0 atom stereocenters. The van der Waals surface area contributed by atoms with Gasteiger partial charge in [-0.1, -0.05) is 19.1 Å². The standard InChI is InChI=1S/C15H24N2O/c1-4-12-5-6-15(18-3)13(9-12)7-8-17(2)14-10-16-11-14/h5-6,9,14,16H,4,7-8,10-11H2,1-3H3. The summed E-state index contributed by atoms with van der Waals surface area (Å²) >= 11 is 0. The third-order valence-electron chi connectivity index (χ3n) is 3.87. The number of nitrogens with one attached hydrogen (secondary N) is 1. The Morgan fingerprint density at radius 3 is 2.72 bits per heavy atom. The quantitative estimate of drug-likeness (QED) is 0.829. The van der Waals surface area contributed by atoms with Gasteiger partial charge in [0.2, 0.25) is 0 Å². The van der Waals surface area contributed by atoms with Crippen molar-refractivity contribution in [2.75, 3.05) is 33.8 Å². The third kappa shape index (κ3) is 3.03. The van der Waals surface area contributed by atoms with Gasteiger partial charge in [0.15, 0.2) is 0 Å². The molecule has 1 saturated heterocycles. The molecule has 0 aromatic heterocycles. The molecule has 2 rings (SSSR count). The minimum atomic E-state index is 0.713. The van der Waals surface area contributed by atoms with Gasteiger partial charge in [0.05, 0.1) is 7.11 Å². The molecule has 3 nitrogen and oxygen atoms in total. The predicted molar refractivity (Wildman–Crippen MR) is 75.4 cm³/mol. The molecule has 0 radical (unpaired) electrons. The number of aryl methyl sites for hydroxylation is 1. The Kier molecular flexibility index (Phi) is 4.61. The lowest BCUT2D eigenvalue weighted by molar-refractivity contribution is 0.182. The maximum absolute atomic E-state index is 5.45. The lowest BCUT2D eigenvalue weighted by Crippen LogP contribution is -2.56. The van der Waals surface area contributed by atoms with E-state index in [-0.39, 0.29) is 0 Å². The van der Waals surface area contributed by atoms with Crippen molar-refractivity contribution in [2.24, 2.45) is 0 Å². The first-order valence-corrected chi connectivity index (χ1v) is 6.81. The number of hydrogen-bond acceptors (Lipinski definition) is 3. The molecule has 18 heavy (non-hydrogen) atoms. The first-order chi connectivity index (χ1) is 8.74. The average Bonchev–Trinajstić information content (AvgIpc) is 2.33. The second-order valence-corrected chi connectivity index (χ2v) is 5.04. The topological polar surface area (TPSA) is 24.5 Å². The van der Waals surface area contributed by atoms with Crippen molar-refractivity contribution >= 4 is 0 Å². The molecule has 1 aromatic carbocycles. The highest BCUT2D eigenvalue weighted by atomic mass is 16.5. The first-order valence-electron chi connectivity index (χ1n) is 6.81. The van der Waals surface area contributed by atoms with Crippen molar-refractivity contribution < 1.29 is 4.74 Å². The summed E-state index contributed by atoms with van der Waals surface area (Å²) in [6.45, 7) is 5.54. The molecule has 1 aromatic rings. The van der Waals surface area contributed by atoms with Crippen LogP contribution in [-0.4, -0.2) is 44.7 Å². The van der Waals surface area contributed by atoms with E-state index in [1.165, 1.54) is 11.1 Å². The van der Waals surface area contributed by atoms with E-state index in [1.54, 1.807) is 7.11 Å². The Morgan fingerprint density at radius 2 is 2.17 bits per heavy atom. The van der Waals surface area contributed by atoms with Crippen molar-refractivity contribution in [2.45, 2.75) is 25.8 Å². The largest absolute Gasteiger partial charge is 0.496 e. The van der Waals surface area contributed by atoms with Gasteiger partial charge in [-0.15, -0.1) is 0 Å². The summed E-state index contributed by atoms with van der Waals surface area (Å²) in [7, 11) is 3.96. The molecule has 0 aliphatic carbocycles. The van der Waals surface area contributed by atoms with E-state index in [0.717, 1.165) is 38.2 Å². The summed E-state index contributed by atoms with van der Waals surface area (Å²) < 4.78 is 5.45. The Labute approximate surface area is 110 Å². The number of methoxy groups -OCH3 is 1. The van der Waals surface area contributed by atoms with Crippen molar-refractivity contribution in [3.8, 4) is 5.75 Å². The highest BCUT2D eigenvalue weighted by Crippen LogP contribution is 2.21. The maximum Gasteiger partial charge on any atom is 0.122 e. The fourth-order valence-electron chi connectivity index (χ4n) is 2.31. The van der Waals surface area contributed by atoms with E-state index in [1.807, 2.05) is 0 Å². The zero-order valence-corrected chi connectivity index (χ0v) is 11.7. The lowest BCUT2D eigenvalue weighted by atomic mass is 10.0. The second kappa shape index (κ2) is 6.21. The smallest absolute Gasteiger partial charge is 0.122 e. The molecular weight excluding hydrogens is 224 g/mol. The number of likely N-dealkylation sites (N-methyl/N-ethyl adjacent to an activating group) is 1. The van der Waals surface area contributed by atoms with Crippen LogP contribution in [0.5, 0.6) is 5.75 Å². The average molecular weight is 248 g/mol. The Balaban J connectivity index is 1.97. The summed E-state index contributed by atoms with van der Waals surface area (Å²) in [4.78, 5) is 2.44. The van der Waals surface area contributed by atoms with Crippen LogP contribution in [0, 0.1) is 0 Å². The number of benzene rings is 1. The monoisotopic (exact) mass is 248 g/mol. The van der Waals surface area contributed by atoms with E-state index in [2.05, 4.69) is 42.4 Å². The minimum absolute atomic E-state index is 0.713. The molecule has 1 heterocycles. The van der Waals surface area contributed by atoms with Crippen molar-refractivity contribution in [3.63, 3.8) is 0 Å². The Hall–Kier alpha value is -1.06. The van der Waals surface area contributed by atoms with Crippen molar-refractivity contribution in [3.05, 3.63) is 29.3 Å². The summed E-state index contributed by atoms with van der Waals surface area (Å²) in [5.41, 5.74) is 2.72. The molecule has 1 fully saturated rings. The summed E-state index contributed by atoms with van der Waals surface area (Å²) in [6.07, 6.45) is 2.14. The van der Waals surface area contributed by atoms with Gasteiger partial charge < -0.3 is 15.0 Å². The fraction of sp³-hybridized carbons (Fsp3) is 0.600. The van der Waals surface area contributed by atoms with Crippen LogP contribution < -0.4 is 10.1 Å². The number of hydrogen-bond donors (Lipinski definition) is 1. The number of nitrogens with zero attached hydrogens (tertiary/aromatic N) is 1. The first kappa shape index (κ1) is 13.4. The van der Waals surface area contributed by atoms with Crippen molar-refractivity contribution in [1.82, 2.24) is 10.2 Å². The van der Waals surface area contributed by atoms with E-state index < -0.39 is 0 Å². The van der Waals surface area contributed by atoms with Crippen molar-refractivity contribution in [1.29, 1.82) is 0 Å². The van der Waals surface area contributed by atoms with Gasteiger partial charge in [-0.2, -0.15) is 0 Å². The molecule has 0 spiro atoms. The van der Waals surface area contributed by atoms with Gasteiger partial charge >= 0.3 is 0 Å². The lowest BCUT2D eigenvalue weighted by Gasteiger charge is -2.35.